The first-order valence-electron chi connectivity index (χ1n) is 5.74. The molecule has 0 radical (unpaired) electrons. The van der Waals surface area contributed by atoms with Crippen LogP contribution in [0.4, 0.5) is 5.69 Å². The summed E-state index contributed by atoms with van der Waals surface area (Å²) in [6.07, 6.45) is 6.04. The van der Waals surface area contributed by atoms with E-state index in [1.165, 1.54) is 5.56 Å². The lowest BCUT2D eigenvalue weighted by Crippen LogP contribution is -2.11. The van der Waals surface area contributed by atoms with Gasteiger partial charge in [-0.1, -0.05) is 54.9 Å². The van der Waals surface area contributed by atoms with Gasteiger partial charge in [0.05, 0.1) is 0 Å². The first kappa shape index (κ1) is 14.0. The summed E-state index contributed by atoms with van der Waals surface area (Å²) in [4.78, 5) is 0. The summed E-state index contributed by atoms with van der Waals surface area (Å²) in [7, 11) is 0. The van der Waals surface area contributed by atoms with E-state index in [0.717, 1.165) is 15.7 Å². The molecule has 1 aromatic rings. The fraction of sp³-hybridized carbons (Fsp3) is 0.333. The SMILES string of the molecule is C/C=C\C(Br)=C/c1cc(C(C)(C)C)ccc1N. The number of nitrogen functional groups attached to an aromatic ring is 1. The van der Waals surface area contributed by atoms with E-state index in [4.69, 9.17) is 5.73 Å². The predicted octanol–water partition coefficient (Wildman–Crippen LogP) is 4.88. The quantitative estimate of drug-likeness (QED) is 0.610. The standard InChI is InChI=1S/C15H20BrN/c1-5-6-13(16)10-11-9-12(15(2,3)4)7-8-14(11)17/h5-10H,17H2,1-4H3/b6-5-,13-10+. The van der Waals surface area contributed by atoms with Crippen LogP contribution in [0.2, 0.25) is 0 Å². The number of rotatable bonds is 2. The number of halogens is 1. The third kappa shape index (κ3) is 4.04. The molecular weight excluding hydrogens is 274 g/mol. The van der Waals surface area contributed by atoms with E-state index in [1.807, 2.05) is 31.2 Å². The van der Waals surface area contributed by atoms with Crippen LogP contribution in [0.1, 0.15) is 38.8 Å². The summed E-state index contributed by atoms with van der Waals surface area (Å²) in [5.74, 6) is 0. The molecule has 0 amide bonds. The van der Waals surface area contributed by atoms with Gasteiger partial charge in [-0.3, -0.25) is 0 Å². The van der Waals surface area contributed by atoms with Gasteiger partial charge in [-0.05, 0) is 41.7 Å². The largest absolute Gasteiger partial charge is 0.398 e. The van der Waals surface area contributed by atoms with Gasteiger partial charge in [0.15, 0.2) is 0 Å². The van der Waals surface area contributed by atoms with Gasteiger partial charge in [0, 0.05) is 10.2 Å². The summed E-state index contributed by atoms with van der Waals surface area (Å²) < 4.78 is 1.03. The van der Waals surface area contributed by atoms with Crippen LogP contribution in [0.15, 0.2) is 34.8 Å². The summed E-state index contributed by atoms with van der Waals surface area (Å²) in [5, 5.41) is 0. The zero-order valence-electron chi connectivity index (χ0n) is 10.9. The van der Waals surface area contributed by atoms with Crippen LogP contribution in [-0.4, -0.2) is 0 Å². The van der Waals surface area contributed by atoms with E-state index in [1.54, 1.807) is 0 Å². The van der Waals surface area contributed by atoms with Crippen LogP contribution < -0.4 is 5.73 Å². The zero-order chi connectivity index (χ0) is 13.1. The minimum Gasteiger partial charge on any atom is -0.398 e. The highest BCUT2D eigenvalue weighted by Gasteiger charge is 2.14. The maximum atomic E-state index is 5.99. The van der Waals surface area contributed by atoms with Crippen LogP contribution >= 0.6 is 15.9 Å². The summed E-state index contributed by atoms with van der Waals surface area (Å²) in [6, 6.07) is 6.22. The lowest BCUT2D eigenvalue weighted by molar-refractivity contribution is 0.590. The number of anilines is 1. The smallest absolute Gasteiger partial charge is 0.0388 e. The number of benzene rings is 1. The lowest BCUT2D eigenvalue weighted by atomic mass is 9.86. The van der Waals surface area contributed by atoms with Crippen molar-refractivity contribution in [1.82, 2.24) is 0 Å². The van der Waals surface area contributed by atoms with Crippen LogP contribution in [0, 0.1) is 0 Å². The van der Waals surface area contributed by atoms with Crippen molar-refractivity contribution in [2.75, 3.05) is 5.73 Å². The average Bonchev–Trinajstić information content (AvgIpc) is 2.20. The zero-order valence-corrected chi connectivity index (χ0v) is 12.5. The number of hydrogen-bond donors (Lipinski definition) is 1. The van der Waals surface area contributed by atoms with Crippen LogP contribution in [0.3, 0.4) is 0 Å². The van der Waals surface area contributed by atoms with Crippen molar-refractivity contribution in [3.05, 3.63) is 46.0 Å². The van der Waals surface area contributed by atoms with Gasteiger partial charge in [-0.15, -0.1) is 0 Å². The second-order valence-corrected chi connectivity index (χ2v) is 6.04. The van der Waals surface area contributed by atoms with Crippen molar-refractivity contribution >= 4 is 27.7 Å². The van der Waals surface area contributed by atoms with Crippen LogP contribution in [0.5, 0.6) is 0 Å². The summed E-state index contributed by atoms with van der Waals surface area (Å²) >= 11 is 3.50. The fourth-order valence-electron chi connectivity index (χ4n) is 1.52. The first-order valence-corrected chi connectivity index (χ1v) is 6.54. The normalized spacial score (nSPS) is 13.4. The Bertz CT molecular complexity index is 450. The lowest BCUT2D eigenvalue weighted by Gasteiger charge is -2.20. The molecule has 0 bridgehead atoms. The topological polar surface area (TPSA) is 26.0 Å². The van der Waals surface area contributed by atoms with Gasteiger partial charge in [0.1, 0.15) is 0 Å². The van der Waals surface area contributed by atoms with Crippen molar-refractivity contribution in [2.45, 2.75) is 33.1 Å². The number of nitrogens with two attached hydrogens (primary N) is 1. The van der Waals surface area contributed by atoms with E-state index in [-0.39, 0.29) is 5.41 Å². The molecule has 0 spiro atoms. The van der Waals surface area contributed by atoms with Gasteiger partial charge < -0.3 is 5.73 Å². The third-order valence-electron chi connectivity index (χ3n) is 2.57. The molecule has 0 fully saturated rings. The molecule has 2 heteroatoms. The molecule has 0 aliphatic rings. The maximum Gasteiger partial charge on any atom is 0.0388 e. The van der Waals surface area contributed by atoms with Crippen LogP contribution in [-0.2, 0) is 5.41 Å². The second kappa shape index (κ2) is 5.54. The Labute approximate surface area is 113 Å². The summed E-state index contributed by atoms with van der Waals surface area (Å²) in [5.41, 5.74) is 9.28. The molecule has 0 atom stereocenters. The van der Waals surface area contributed by atoms with Crippen molar-refractivity contribution in [3.63, 3.8) is 0 Å². The second-order valence-electron chi connectivity index (χ2n) is 5.12. The first-order chi connectivity index (χ1) is 7.84. The summed E-state index contributed by atoms with van der Waals surface area (Å²) in [6.45, 7) is 8.59. The molecule has 0 saturated heterocycles. The predicted molar refractivity (Wildman–Crippen MR) is 81.3 cm³/mol. The Hall–Kier alpha value is -1.02. The highest BCUT2D eigenvalue weighted by atomic mass is 79.9. The molecule has 1 nitrogen and oxygen atoms in total. The van der Waals surface area contributed by atoms with Crippen molar-refractivity contribution in [1.29, 1.82) is 0 Å². The molecule has 0 aromatic heterocycles. The molecule has 0 aliphatic carbocycles. The Kier molecular flexibility index (Phi) is 4.58. The third-order valence-corrected chi connectivity index (χ3v) is 3.07. The Morgan fingerprint density at radius 2 is 1.94 bits per heavy atom. The Morgan fingerprint density at radius 3 is 2.47 bits per heavy atom. The van der Waals surface area contributed by atoms with E-state index in [0.29, 0.717) is 0 Å². The minimum absolute atomic E-state index is 0.142. The Balaban J connectivity index is 3.20. The molecule has 2 N–H and O–H groups in total. The molecular formula is C15H20BrN. The molecule has 17 heavy (non-hydrogen) atoms. The molecule has 0 unspecified atom stereocenters. The monoisotopic (exact) mass is 293 g/mol. The average molecular weight is 294 g/mol. The van der Waals surface area contributed by atoms with Crippen molar-refractivity contribution in [3.8, 4) is 0 Å². The van der Waals surface area contributed by atoms with E-state index >= 15 is 0 Å². The molecule has 1 aromatic carbocycles. The highest BCUT2D eigenvalue weighted by Crippen LogP contribution is 2.27. The van der Waals surface area contributed by atoms with Gasteiger partial charge in [-0.25, -0.2) is 0 Å². The number of allylic oxidation sites excluding steroid dienone is 3. The highest BCUT2D eigenvalue weighted by molar-refractivity contribution is 9.12. The van der Waals surface area contributed by atoms with Gasteiger partial charge in [-0.2, -0.15) is 0 Å². The minimum atomic E-state index is 0.142. The van der Waals surface area contributed by atoms with Gasteiger partial charge >= 0.3 is 0 Å². The van der Waals surface area contributed by atoms with Crippen LogP contribution in [0.25, 0.3) is 6.08 Å². The molecule has 92 valence electrons. The Morgan fingerprint density at radius 1 is 1.29 bits per heavy atom. The molecule has 0 aliphatic heterocycles. The molecule has 0 saturated carbocycles. The van der Waals surface area contributed by atoms with E-state index < -0.39 is 0 Å². The van der Waals surface area contributed by atoms with E-state index in [2.05, 4.69) is 48.8 Å². The fourth-order valence-corrected chi connectivity index (χ4v) is 2.03. The number of hydrogen-bond acceptors (Lipinski definition) is 1. The van der Waals surface area contributed by atoms with Gasteiger partial charge in [0.25, 0.3) is 0 Å². The van der Waals surface area contributed by atoms with Crippen molar-refractivity contribution < 1.29 is 0 Å². The maximum absolute atomic E-state index is 5.99. The van der Waals surface area contributed by atoms with Gasteiger partial charge in [0.2, 0.25) is 0 Å². The molecule has 1 rings (SSSR count). The molecule has 0 heterocycles. The van der Waals surface area contributed by atoms with Crippen molar-refractivity contribution in [2.24, 2.45) is 0 Å². The van der Waals surface area contributed by atoms with E-state index in [9.17, 15) is 0 Å².